The van der Waals surface area contributed by atoms with Crippen LogP contribution in [-0.2, 0) is 4.74 Å². The summed E-state index contributed by atoms with van der Waals surface area (Å²) in [5.74, 6) is 0.892. The molecule has 20 heavy (non-hydrogen) atoms. The molecule has 0 radical (unpaired) electrons. The molecule has 6 nitrogen and oxygen atoms in total. The molecule has 0 heterocycles. The van der Waals surface area contributed by atoms with Crippen molar-refractivity contribution in [3.8, 4) is 0 Å². The SMILES string of the molecule is CCN(CCNC(N)=NCC(C)C)C(=O)OC(C)(C)C. The molecule has 0 aromatic carbocycles. The highest BCUT2D eigenvalue weighted by Crippen LogP contribution is 2.09. The highest BCUT2D eigenvalue weighted by molar-refractivity contribution is 5.77. The van der Waals surface area contributed by atoms with Crippen molar-refractivity contribution in [1.29, 1.82) is 0 Å². The molecular formula is C14H30N4O2. The maximum absolute atomic E-state index is 11.9. The molecule has 0 saturated heterocycles. The van der Waals surface area contributed by atoms with E-state index in [-0.39, 0.29) is 6.09 Å². The van der Waals surface area contributed by atoms with Crippen LogP contribution >= 0.6 is 0 Å². The van der Waals surface area contributed by atoms with Gasteiger partial charge in [0.2, 0.25) is 0 Å². The minimum absolute atomic E-state index is 0.306. The smallest absolute Gasteiger partial charge is 0.410 e. The van der Waals surface area contributed by atoms with Gasteiger partial charge in [-0.25, -0.2) is 4.79 Å². The van der Waals surface area contributed by atoms with Gasteiger partial charge in [-0.2, -0.15) is 0 Å². The third-order valence-electron chi connectivity index (χ3n) is 2.35. The van der Waals surface area contributed by atoms with Gasteiger partial charge in [0.05, 0.1) is 0 Å². The molecule has 0 bridgehead atoms. The molecule has 118 valence electrons. The number of nitrogens with zero attached hydrogens (tertiary/aromatic N) is 2. The predicted octanol–water partition coefficient (Wildman–Crippen LogP) is 1.80. The molecule has 0 saturated carbocycles. The Balaban J connectivity index is 4.14. The van der Waals surface area contributed by atoms with E-state index < -0.39 is 5.60 Å². The summed E-state index contributed by atoms with van der Waals surface area (Å²) < 4.78 is 5.32. The number of amides is 1. The molecule has 3 N–H and O–H groups in total. The number of nitrogens with one attached hydrogen (secondary N) is 1. The van der Waals surface area contributed by atoms with Gasteiger partial charge < -0.3 is 20.7 Å². The largest absolute Gasteiger partial charge is 0.444 e. The molecule has 1 amide bonds. The number of carbonyl (C=O) groups excluding carboxylic acids is 1. The lowest BCUT2D eigenvalue weighted by molar-refractivity contribution is 0.0264. The monoisotopic (exact) mass is 286 g/mol. The first kappa shape index (κ1) is 18.5. The van der Waals surface area contributed by atoms with Crippen LogP contribution in [-0.4, -0.2) is 48.7 Å². The van der Waals surface area contributed by atoms with E-state index in [9.17, 15) is 4.79 Å². The second kappa shape index (κ2) is 8.66. The summed E-state index contributed by atoms with van der Waals surface area (Å²) in [5.41, 5.74) is 5.26. The van der Waals surface area contributed by atoms with Crippen LogP contribution in [0.25, 0.3) is 0 Å². The van der Waals surface area contributed by atoms with Crippen molar-refractivity contribution in [3.05, 3.63) is 0 Å². The number of ether oxygens (including phenoxy) is 1. The Bertz CT molecular complexity index is 322. The Kier molecular flexibility index (Phi) is 8.03. The molecule has 6 heteroatoms. The zero-order valence-corrected chi connectivity index (χ0v) is 13.7. The van der Waals surface area contributed by atoms with E-state index in [2.05, 4.69) is 24.2 Å². The van der Waals surface area contributed by atoms with Gasteiger partial charge in [-0.1, -0.05) is 13.8 Å². The van der Waals surface area contributed by atoms with E-state index in [0.29, 0.717) is 38.1 Å². The fourth-order valence-corrected chi connectivity index (χ4v) is 1.36. The Hall–Kier alpha value is -1.46. The molecule has 0 aromatic rings. The number of hydrogen-bond acceptors (Lipinski definition) is 3. The van der Waals surface area contributed by atoms with Crippen LogP contribution < -0.4 is 11.1 Å². The number of guanidine groups is 1. The third-order valence-corrected chi connectivity index (χ3v) is 2.35. The number of rotatable bonds is 6. The highest BCUT2D eigenvalue weighted by atomic mass is 16.6. The summed E-state index contributed by atoms with van der Waals surface area (Å²) >= 11 is 0. The highest BCUT2D eigenvalue weighted by Gasteiger charge is 2.20. The van der Waals surface area contributed by atoms with Gasteiger partial charge in [0.15, 0.2) is 5.96 Å². The lowest BCUT2D eigenvalue weighted by Crippen LogP contribution is -2.43. The van der Waals surface area contributed by atoms with Gasteiger partial charge in [-0.3, -0.25) is 4.99 Å². The summed E-state index contributed by atoms with van der Waals surface area (Å²) in [5, 5.41) is 3.00. The number of aliphatic imine (C=N–C) groups is 1. The average molecular weight is 286 g/mol. The standard InChI is InChI=1S/C14H30N4O2/c1-7-18(13(19)20-14(4,5)6)9-8-16-12(15)17-10-11(2)3/h11H,7-10H2,1-6H3,(H3,15,16,17). The zero-order valence-electron chi connectivity index (χ0n) is 13.7. The van der Waals surface area contributed by atoms with E-state index in [0.717, 1.165) is 0 Å². The minimum Gasteiger partial charge on any atom is -0.444 e. The van der Waals surface area contributed by atoms with Crippen molar-refractivity contribution in [1.82, 2.24) is 10.2 Å². The Morgan fingerprint density at radius 3 is 2.45 bits per heavy atom. The van der Waals surface area contributed by atoms with E-state index in [1.807, 2.05) is 27.7 Å². The normalized spacial score (nSPS) is 12.4. The maximum Gasteiger partial charge on any atom is 0.410 e. The van der Waals surface area contributed by atoms with E-state index in [4.69, 9.17) is 10.5 Å². The molecule has 0 rings (SSSR count). The topological polar surface area (TPSA) is 80.0 Å². The third kappa shape index (κ3) is 9.47. The number of carbonyl (C=O) groups is 1. The molecule has 0 atom stereocenters. The van der Waals surface area contributed by atoms with Crippen LogP contribution in [0.3, 0.4) is 0 Å². The molecular weight excluding hydrogens is 256 g/mol. The quantitative estimate of drug-likeness (QED) is 0.576. The molecule has 0 fully saturated rings. The van der Waals surface area contributed by atoms with Gasteiger partial charge in [0, 0.05) is 26.2 Å². The molecule has 0 aliphatic rings. The Morgan fingerprint density at radius 1 is 1.40 bits per heavy atom. The second-order valence-electron chi connectivity index (χ2n) is 6.11. The number of likely N-dealkylation sites (N-methyl/N-ethyl adjacent to an activating group) is 1. The first-order valence-electron chi connectivity index (χ1n) is 7.17. The van der Waals surface area contributed by atoms with Crippen molar-refractivity contribution in [2.75, 3.05) is 26.2 Å². The van der Waals surface area contributed by atoms with Gasteiger partial charge >= 0.3 is 6.09 Å². The van der Waals surface area contributed by atoms with Crippen molar-refractivity contribution < 1.29 is 9.53 Å². The van der Waals surface area contributed by atoms with Crippen LogP contribution in [0, 0.1) is 5.92 Å². The summed E-state index contributed by atoms with van der Waals surface area (Å²) in [4.78, 5) is 17.7. The predicted molar refractivity (Wildman–Crippen MR) is 82.8 cm³/mol. The summed E-state index contributed by atoms with van der Waals surface area (Å²) in [7, 11) is 0. The van der Waals surface area contributed by atoms with Crippen LogP contribution in [0.15, 0.2) is 4.99 Å². The van der Waals surface area contributed by atoms with Crippen molar-refractivity contribution in [2.24, 2.45) is 16.6 Å². The van der Waals surface area contributed by atoms with Crippen LogP contribution in [0.5, 0.6) is 0 Å². The van der Waals surface area contributed by atoms with E-state index in [1.165, 1.54) is 0 Å². The first-order valence-corrected chi connectivity index (χ1v) is 7.17. The van der Waals surface area contributed by atoms with Crippen molar-refractivity contribution >= 4 is 12.1 Å². The fraction of sp³-hybridized carbons (Fsp3) is 0.857. The zero-order chi connectivity index (χ0) is 15.8. The lowest BCUT2D eigenvalue weighted by atomic mass is 10.2. The van der Waals surface area contributed by atoms with E-state index in [1.54, 1.807) is 4.90 Å². The lowest BCUT2D eigenvalue weighted by Gasteiger charge is -2.26. The number of nitrogens with two attached hydrogens (primary N) is 1. The fourth-order valence-electron chi connectivity index (χ4n) is 1.36. The summed E-state index contributed by atoms with van der Waals surface area (Å²) in [6.45, 7) is 14.0. The van der Waals surface area contributed by atoms with Gasteiger partial charge in [-0.15, -0.1) is 0 Å². The second-order valence-corrected chi connectivity index (χ2v) is 6.11. The average Bonchev–Trinajstić information content (AvgIpc) is 2.29. The molecule has 0 aromatic heterocycles. The molecule has 0 aliphatic carbocycles. The van der Waals surface area contributed by atoms with Crippen molar-refractivity contribution in [3.63, 3.8) is 0 Å². The summed E-state index contributed by atoms with van der Waals surface area (Å²) in [6, 6.07) is 0. The first-order chi connectivity index (χ1) is 9.15. The van der Waals surface area contributed by atoms with Crippen molar-refractivity contribution in [2.45, 2.75) is 47.1 Å². The van der Waals surface area contributed by atoms with E-state index >= 15 is 0 Å². The molecule has 0 aliphatic heterocycles. The molecule has 0 spiro atoms. The van der Waals surface area contributed by atoms with Crippen LogP contribution in [0.4, 0.5) is 4.79 Å². The van der Waals surface area contributed by atoms with Gasteiger partial charge in [0.1, 0.15) is 5.60 Å². The van der Waals surface area contributed by atoms with Crippen LogP contribution in [0.2, 0.25) is 0 Å². The Labute approximate surface area is 122 Å². The minimum atomic E-state index is -0.477. The summed E-state index contributed by atoms with van der Waals surface area (Å²) in [6.07, 6.45) is -0.306. The molecule has 0 unspecified atom stereocenters. The van der Waals surface area contributed by atoms with Gasteiger partial charge in [0.25, 0.3) is 0 Å². The number of hydrogen-bond donors (Lipinski definition) is 2. The maximum atomic E-state index is 11.9. The van der Waals surface area contributed by atoms with Crippen LogP contribution in [0.1, 0.15) is 41.5 Å². The Morgan fingerprint density at radius 2 is 2.00 bits per heavy atom. The van der Waals surface area contributed by atoms with Gasteiger partial charge in [-0.05, 0) is 33.6 Å².